The van der Waals surface area contributed by atoms with Crippen LogP contribution < -0.4 is 14.9 Å². The fourth-order valence-electron chi connectivity index (χ4n) is 3.04. The summed E-state index contributed by atoms with van der Waals surface area (Å²) in [5, 5.41) is 5.30. The number of thiophene rings is 1. The van der Waals surface area contributed by atoms with Crippen LogP contribution in [0.3, 0.4) is 0 Å². The van der Waals surface area contributed by atoms with E-state index in [2.05, 4.69) is 15.2 Å². The first-order valence-electron chi connectivity index (χ1n) is 10.3. The Hall–Kier alpha value is -3.28. The molecule has 0 aliphatic rings. The van der Waals surface area contributed by atoms with Crippen molar-refractivity contribution in [2.45, 2.75) is 4.90 Å². The van der Waals surface area contributed by atoms with E-state index in [1.54, 1.807) is 24.3 Å². The summed E-state index contributed by atoms with van der Waals surface area (Å²) in [6.45, 7) is -0.538. The minimum Gasteiger partial charge on any atom is -0.422 e. The molecule has 0 spiro atoms. The van der Waals surface area contributed by atoms with E-state index < -0.39 is 28.4 Å². The number of sulfonamides is 1. The van der Waals surface area contributed by atoms with Gasteiger partial charge in [0.25, 0.3) is 5.91 Å². The molecular weight excluding hydrogens is 545 g/mol. The van der Waals surface area contributed by atoms with Crippen molar-refractivity contribution in [3.05, 3.63) is 93.3 Å². The van der Waals surface area contributed by atoms with Crippen LogP contribution in [0.1, 0.15) is 15.2 Å². The molecule has 36 heavy (non-hydrogen) atoms. The molecule has 0 radical (unpaired) electrons. The zero-order valence-corrected chi connectivity index (χ0v) is 21.4. The Kier molecular flexibility index (Phi) is 8.02. The predicted octanol–water partition coefficient (Wildman–Crippen LogP) is 4.86. The third-order valence-corrected chi connectivity index (χ3v) is 8.11. The van der Waals surface area contributed by atoms with Crippen molar-refractivity contribution in [3.8, 4) is 5.75 Å². The molecule has 0 saturated heterocycles. The van der Waals surface area contributed by atoms with Gasteiger partial charge in [-0.25, -0.2) is 23.4 Å². The number of nitrogens with zero attached hydrogens (tertiary/aromatic N) is 1. The van der Waals surface area contributed by atoms with Gasteiger partial charge >= 0.3 is 5.97 Å². The van der Waals surface area contributed by atoms with Gasteiger partial charge < -0.3 is 4.74 Å². The van der Waals surface area contributed by atoms with Gasteiger partial charge in [0, 0.05) is 20.7 Å². The van der Waals surface area contributed by atoms with Gasteiger partial charge in [-0.05, 0) is 42.5 Å². The molecule has 0 aliphatic heterocycles. The highest BCUT2D eigenvalue weighted by atomic mass is 35.5. The molecule has 4 aromatic rings. The third kappa shape index (κ3) is 6.10. The first kappa shape index (κ1) is 25.8. The molecular formula is C24H17Cl2N3O5S2. The Morgan fingerprint density at radius 2 is 1.67 bits per heavy atom. The average molecular weight is 562 g/mol. The maximum absolute atomic E-state index is 12.8. The Morgan fingerprint density at radius 3 is 2.42 bits per heavy atom. The van der Waals surface area contributed by atoms with Crippen LogP contribution in [0.2, 0.25) is 10.0 Å². The minimum atomic E-state index is -3.90. The van der Waals surface area contributed by atoms with Gasteiger partial charge in [0.2, 0.25) is 10.0 Å². The molecule has 0 bridgehead atoms. The van der Waals surface area contributed by atoms with E-state index in [0.717, 1.165) is 10.1 Å². The van der Waals surface area contributed by atoms with Gasteiger partial charge in [-0.3, -0.25) is 4.79 Å². The summed E-state index contributed by atoms with van der Waals surface area (Å²) in [6, 6.07) is 19.5. The fourth-order valence-corrected chi connectivity index (χ4v) is 5.54. The second-order valence-electron chi connectivity index (χ2n) is 7.24. The van der Waals surface area contributed by atoms with Gasteiger partial charge in [0.05, 0.1) is 22.7 Å². The van der Waals surface area contributed by atoms with E-state index in [9.17, 15) is 18.0 Å². The number of halogens is 2. The number of amides is 1. The number of hydrogen-bond donors (Lipinski definition) is 2. The molecule has 1 amide bonds. The van der Waals surface area contributed by atoms with Gasteiger partial charge in [-0.15, -0.1) is 11.3 Å². The Labute approximate surface area is 220 Å². The van der Waals surface area contributed by atoms with Crippen LogP contribution in [0.4, 0.5) is 0 Å². The number of carbonyl (C=O) groups is 2. The van der Waals surface area contributed by atoms with Crippen LogP contribution in [-0.4, -0.2) is 33.1 Å². The maximum Gasteiger partial charge on any atom is 0.355 e. The molecule has 0 fully saturated rings. The monoisotopic (exact) mass is 561 g/mol. The Morgan fingerprint density at radius 1 is 0.972 bits per heavy atom. The van der Waals surface area contributed by atoms with Crippen LogP contribution in [0, 0.1) is 0 Å². The number of para-hydroxylation sites is 1. The minimum absolute atomic E-state index is 0.0299. The lowest BCUT2D eigenvalue weighted by Gasteiger charge is -2.07. The Balaban J connectivity index is 1.38. The van der Waals surface area contributed by atoms with E-state index in [-0.39, 0.29) is 15.5 Å². The summed E-state index contributed by atoms with van der Waals surface area (Å²) in [5.74, 6) is -1.12. The summed E-state index contributed by atoms with van der Waals surface area (Å²) in [5.41, 5.74) is 2.63. The molecule has 1 heterocycles. The molecule has 0 aliphatic carbocycles. The van der Waals surface area contributed by atoms with Crippen molar-refractivity contribution >= 4 is 72.7 Å². The van der Waals surface area contributed by atoms with Crippen molar-refractivity contribution in [2.24, 2.45) is 5.10 Å². The van der Waals surface area contributed by atoms with Crippen LogP contribution >= 0.6 is 34.5 Å². The molecule has 2 N–H and O–H groups in total. The number of ether oxygens (including phenoxy) is 1. The van der Waals surface area contributed by atoms with E-state index in [0.29, 0.717) is 15.6 Å². The van der Waals surface area contributed by atoms with E-state index in [1.807, 2.05) is 24.3 Å². The smallest absolute Gasteiger partial charge is 0.355 e. The van der Waals surface area contributed by atoms with Gasteiger partial charge in [-0.1, -0.05) is 53.5 Å². The van der Waals surface area contributed by atoms with Crippen molar-refractivity contribution < 1.29 is 22.7 Å². The molecule has 184 valence electrons. The summed E-state index contributed by atoms with van der Waals surface area (Å²) < 4.78 is 33.1. The van der Waals surface area contributed by atoms with Crippen molar-refractivity contribution in [1.82, 2.24) is 10.1 Å². The van der Waals surface area contributed by atoms with Crippen LogP contribution in [0.25, 0.3) is 10.1 Å². The second kappa shape index (κ2) is 11.2. The highest BCUT2D eigenvalue weighted by Gasteiger charge is 2.20. The summed E-state index contributed by atoms with van der Waals surface area (Å²) >= 11 is 13.4. The lowest BCUT2D eigenvalue weighted by Crippen LogP contribution is -2.34. The fraction of sp³-hybridized carbons (Fsp3) is 0.0417. The summed E-state index contributed by atoms with van der Waals surface area (Å²) in [6.07, 6.45) is 1.28. The number of benzene rings is 3. The Bertz CT molecular complexity index is 1570. The normalized spacial score (nSPS) is 11.6. The number of nitrogens with one attached hydrogen (secondary N) is 2. The largest absolute Gasteiger partial charge is 0.422 e. The molecule has 0 saturated carbocycles. The highest BCUT2D eigenvalue weighted by Crippen LogP contribution is 2.36. The van der Waals surface area contributed by atoms with E-state index in [1.165, 1.54) is 41.8 Å². The van der Waals surface area contributed by atoms with Gasteiger partial charge in [-0.2, -0.15) is 5.10 Å². The van der Waals surface area contributed by atoms with Crippen LogP contribution in [0.5, 0.6) is 5.75 Å². The number of rotatable bonds is 8. The topological polar surface area (TPSA) is 114 Å². The molecule has 0 unspecified atom stereocenters. The predicted molar refractivity (Wildman–Crippen MR) is 141 cm³/mol. The molecule has 3 aromatic carbocycles. The van der Waals surface area contributed by atoms with Crippen molar-refractivity contribution in [2.75, 3.05) is 6.54 Å². The lowest BCUT2D eigenvalue weighted by atomic mass is 10.2. The standard InChI is InChI=1S/C24H17Cl2N3O5S2/c25-16-9-11-17(12-10-16)36(32,33)28-14-21(30)29-27-13-15-5-1-3-7-19(15)34-24(31)23-22(26)18-6-2-4-8-20(18)35-23/h1-13,28H,14H2,(H,29,30)/b27-13-. The first-order valence-corrected chi connectivity index (χ1v) is 13.4. The average Bonchev–Trinajstić information content (AvgIpc) is 3.21. The molecule has 1 aromatic heterocycles. The number of hydrazone groups is 1. The zero-order valence-electron chi connectivity index (χ0n) is 18.3. The van der Waals surface area contributed by atoms with Crippen molar-refractivity contribution in [1.29, 1.82) is 0 Å². The summed E-state index contributed by atoms with van der Waals surface area (Å²) in [4.78, 5) is 25.1. The second-order valence-corrected chi connectivity index (χ2v) is 10.9. The third-order valence-electron chi connectivity index (χ3n) is 4.78. The lowest BCUT2D eigenvalue weighted by molar-refractivity contribution is -0.119. The number of carbonyl (C=O) groups excluding carboxylic acids is 2. The molecule has 4 rings (SSSR count). The van der Waals surface area contributed by atoms with Crippen LogP contribution in [0.15, 0.2) is 82.8 Å². The zero-order chi connectivity index (χ0) is 25.7. The van der Waals surface area contributed by atoms with Gasteiger partial charge in [0.15, 0.2) is 0 Å². The van der Waals surface area contributed by atoms with E-state index in [4.69, 9.17) is 27.9 Å². The van der Waals surface area contributed by atoms with E-state index >= 15 is 0 Å². The summed E-state index contributed by atoms with van der Waals surface area (Å²) in [7, 11) is -3.90. The first-order chi connectivity index (χ1) is 17.2. The number of hydrogen-bond acceptors (Lipinski definition) is 7. The number of esters is 1. The van der Waals surface area contributed by atoms with Gasteiger partial charge in [0.1, 0.15) is 10.6 Å². The quantitative estimate of drug-likeness (QED) is 0.138. The SMILES string of the molecule is O=C(CNS(=O)(=O)c1ccc(Cl)cc1)N/N=C\c1ccccc1OC(=O)c1sc2ccccc2c1Cl. The molecule has 8 nitrogen and oxygen atoms in total. The molecule has 12 heteroatoms. The van der Waals surface area contributed by atoms with Crippen LogP contribution in [-0.2, 0) is 14.8 Å². The maximum atomic E-state index is 12.8. The highest BCUT2D eigenvalue weighted by molar-refractivity contribution is 7.89. The molecule has 0 atom stereocenters. The number of fused-ring (bicyclic) bond motifs is 1. The van der Waals surface area contributed by atoms with Crippen molar-refractivity contribution in [3.63, 3.8) is 0 Å².